The van der Waals surface area contributed by atoms with Gasteiger partial charge in [-0.15, -0.1) is 0 Å². The van der Waals surface area contributed by atoms with Crippen LogP contribution in [0.1, 0.15) is 17.3 Å². The zero-order valence-electron chi connectivity index (χ0n) is 13.1. The highest BCUT2D eigenvalue weighted by atomic mass is 35.5. The van der Waals surface area contributed by atoms with E-state index in [1.165, 1.54) is 6.20 Å². The summed E-state index contributed by atoms with van der Waals surface area (Å²) < 4.78 is 5.13. The molecule has 0 unspecified atom stereocenters. The van der Waals surface area contributed by atoms with E-state index < -0.39 is 5.97 Å². The van der Waals surface area contributed by atoms with Crippen LogP contribution in [-0.4, -0.2) is 17.6 Å². The molecule has 7 heteroatoms. The van der Waals surface area contributed by atoms with E-state index >= 15 is 0 Å². The highest BCUT2D eigenvalue weighted by Crippen LogP contribution is 2.35. The molecular weight excluding hydrogens is 383 g/mol. The standard InChI is InChI=1S/C18H13Cl3N2O2/c1-2-25-18(24)14-9-22-17-13(7-11(20)8-15(17)21)16(14)23-12-5-3-10(19)4-6-12/h3-9H,2H2,1H3,(H,22,23). The molecule has 0 amide bonds. The number of hydrogen-bond acceptors (Lipinski definition) is 4. The summed E-state index contributed by atoms with van der Waals surface area (Å²) in [5.74, 6) is -0.482. The number of ether oxygens (including phenoxy) is 1. The number of anilines is 2. The van der Waals surface area contributed by atoms with Crippen molar-refractivity contribution in [2.75, 3.05) is 11.9 Å². The second-order valence-corrected chi connectivity index (χ2v) is 6.46. The van der Waals surface area contributed by atoms with E-state index in [2.05, 4.69) is 10.3 Å². The molecule has 0 spiro atoms. The van der Waals surface area contributed by atoms with Gasteiger partial charge in [0.2, 0.25) is 0 Å². The number of pyridine rings is 1. The fourth-order valence-electron chi connectivity index (χ4n) is 2.40. The van der Waals surface area contributed by atoms with Gasteiger partial charge in [-0.2, -0.15) is 0 Å². The smallest absolute Gasteiger partial charge is 0.341 e. The lowest BCUT2D eigenvalue weighted by Crippen LogP contribution is -2.09. The van der Waals surface area contributed by atoms with Gasteiger partial charge in [0, 0.05) is 27.3 Å². The minimum atomic E-state index is -0.482. The van der Waals surface area contributed by atoms with Crippen LogP contribution in [0, 0.1) is 0 Å². The number of nitrogens with one attached hydrogen (secondary N) is 1. The van der Waals surface area contributed by atoms with Crippen LogP contribution in [0.25, 0.3) is 10.9 Å². The molecule has 0 aliphatic heterocycles. The Balaban J connectivity index is 2.21. The van der Waals surface area contributed by atoms with Crippen LogP contribution in [0.4, 0.5) is 11.4 Å². The van der Waals surface area contributed by atoms with E-state index in [9.17, 15) is 4.79 Å². The average Bonchev–Trinajstić information content (AvgIpc) is 2.57. The summed E-state index contributed by atoms with van der Waals surface area (Å²) in [6.45, 7) is 2.00. The highest BCUT2D eigenvalue weighted by Gasteiger charge is 2.18. The lowest BCUT2D eigenvalue weighted by atomic mass is 10.1. The number of benzene rings is 2. The van der Waals surface area contributed by atoms with Crippen LogP contribution in [0.15, 0.2) is 42.6 Å². The molecule has 0 aliphatic rings. The molecule has 0 radical (unpaired) electrons. The molecule has 2 aromatic carbocycles. The molecule has 0 saturated heterocycles. The van der Waals surface area contributed by atoms with Crippen molar-refractivity contribution < 1.29 is 9.53 Å². The molecule has 0 atom stereocenters. The van der Waals surface area contributed by atoms with Gasteiger partial charge >= 0.3 is 5.97 Å². The van der Waals surface area contributed by atoms with E-state index in [1.807, 2.05) is 0 Å². The van der Waals surface area contributed by atoms with Crippen LogP contribution in [0.2, 0.25) is 15.1 Å². The molecule has 128 valence electrons. The molecule has 0 fully saturated rings. The maximum absolute atomic E-state index is 12.3. The van der Waals surface area contributed by atoms with Gasteiger partial charge in [-0.1, -0.05) is 34.8 Å². The number of halogens is 3. The Labute approximate surface area is 159 Å². The fourth-order valence-corrected chi connectivity index (χ4v) is 3.07. The minimum absolute atomic E-state index is 0.257. The third-order valence-electron chi connectivity index (χ3n) is 3.50. The van der Waals surface area contributed by atoms with Crippen molar-refractivity contribution in [3.63, 3.8) is 0 Å². The van der Waals surface area contributed by atoms with Crippen molar-refractivity contribution in [1.29, 1.82) is 0 Å². The number of fused-ring (bicyclic) bond motifs is 1. The number of carbonyl (C=O) groups is 1. The van der Waals surface area contributed by atoms with Gasteiger partial charge in [-0.3, -0.25) is 4.98 Å². The van der Waals surface area contributed by atoms with Gasteiger partial charge in [0.15, 0.2) is 0 Å². The first-order valence-corrected chi connectivity index (χ1v) is 8.60. The summed E-state index contributed by atoms with van der Waals surface area (Å²) >= 11 is 18.3. The molecular formula is C18H13Cl3N2O2. The molecule has 25 heavy (non-hydrogen) atoms. The normalized spacial score (nSPS) is 10.7. The van der Waals surface area contributed by atoms with Crippen LogP contribution in [0.5, 0.6) is 0 Å². The van der Waals surface area contributed by atoms with Gasteiger partial charge in [0.1, 0.15) is 5.56 Å². The van der Waals surface area contributed by atoms with Gasteiger partial charge < -0.3 is 10.1 Å². The van der Waals surface area contributed by atoms with Crippen molar-refractivity contribution in [1.82, 2.24) is 4.98 Å². The van der Waals surface area contributed by atoms with Crippen molar-refractivity contribution in [3.05, 3.63) is 63.2 Å². The van der Waals surface area contributed by atoms with Crippen molar-refractivity contribution in [2.24, 2.45) is 0 Å². The molecule has 4 nitrogen and oxygen atoms in total. The third kappa shape index (κ3) is 3.82. The zero-order chi connectivity index (χ0) is 18.0. The van der Waals surface area contributed by atoms with Crippen LogP contribution in [-0.2, 0) is 4.74 Å². The summed E-state index contributed by atoms with van der Waals surface area (Å²) in [6.07, 6.45) is 1.44. The molecule has 1 heterocycles. The lowest BCUT2D eigenvalue weighted by molar-refractivity contribution is 0.0527. The van der Waals surface area contributed by atoms with Crippen molar-refractivity contribution >= 4 is 63.0 Å². The number of carbonyl (C=O) groups excluding carboxylic acids is 1. The van der Waals surface area contributed by atoms with Gasteiger partial charge in [0.25, 0.3) is 0 Å². The molecule has 1 aromatic heterocycles. The maximum atomic E-state index is 12.3. The van der Waals surface area contributed by atoms with E-state index in [0.717, 1.165) is 5.69 Å². The number of hydrogen-bond donors (Lipinski definition) is 1. The van der Waals surface area contributed by atoms with Crippen molar-refractivity contribution in [3.8, 4) is 0 Å². The lowest BCUT2D eigenvalue weighted by Gasteiger charge is -2.15. The van der Waals surface area contributed by atoms with Crippen molar-refractivity contribution in [2.45, 2.75) is 6.92 Å². The second-order valence-electron chi connectivity index (χ2n) is 5.18. The summed E-state index contributed by atoms with van der Waals surface area (Å²) in [5.41, 5.74) is 2.10. The van der Waals surface area contributed by atoms with Gasteiger partial charge in [-0.05, 0) is 43.3 Å². The maximum Gasteiger partial charge on any atom is 0.341 e. The van der Waals surface area contributed by atoms with E-state index in [4.69, 9.17) is 39.5 Å². The second kappa shape index (κ2) is 7.48. The predicted molar refractivity (Wildman–Crippen MR) is 102 cm³/mol. The molecule has 0 bridgehead atoms. The Morgan fingerprint density at radius 1 is 1.12 bits per heavy atom. The Morgan fingerprint density at radius 2 is 1.84 bits per heavy atom. The van der Waals surface area contributed by atoms with E-state index in [1.54, 1.807) is 43.3 Å². The Hall–Kier alpha value is -2.01. The summed E-state index contributed by atoms with van der Waals surface area (Å²) in [6, 6.07) is 10.4. The zero-order valence-corrected chi connectivity index (χ0v) is 15.4. The molecule has 3 rings (SSSR count). The Kier molecular flexibility index (Phi) is 5.33. The predicted octanol–water partition coefficient (Wildman–Crippen LogP) is 6.12. The number of nitrogens with zero attached hydrogens (tertiary/aromatic N) is 1. The minimum Gasteiger partial charge on any atom is -0.462 e. The number of esters is 1. The Bertz CT molecular complexity index is 943. The third-order valence-corrected chi connectivity index (χ3v) is 4.26. The van der Waals surface area contributed by atoms with Gasteiger partial charge in [-0.25, -0.2) is 4.79 Å². The Morgan fingerprint density at radius 3 is 2.52 bits per heavy atom. The number of aromatic nitrogens is 1. The molecule has 0 aliphatic carbocycles. The van der Waals surface area contributed by atoms with Crippen LogP contribution >= 0.6 is 34.8 Å². The highest BCUT2D eigenvalue weighted by molar-refractivity contribution is 6.39. The van der Waals surface area contributed by atoms with Crippen LogP contribution < -0.4 is 5.32 Å². The number of rotatable bonds is 4. The summed E-state index contributed by atoms with van der Waals surface area (Å²) in [7, 11) is 0. The first-order valence-electron chi connectivity index (χ1n) is 7.47. The topological polar surface area (TPSA) is 51.2 Å². The monoisotopic (exact) mass is 394 g/mol. The van der Waals surface area contributed by atoms with E-state index in [-0.39, 0.29) is 6.61 Å². The first kappa shape index (κ1) is 17.8. The SMILES string of the molecule is CCOC(=O)c1cnc2c(Cl)cc(Cl)cc2c1Nc1ccc(Cl)cc1. The largest absolute Gasteiger partial charge is 0.462 e. The summed E-state index contributed by atoms with van der Waals surface area (Å²) in [4.78, 5) is 16.6. The van der Waals surface area contributed by atoms with E-state index in [0.29, 0.717) is 37.2 Å². The molecule has 3 aromatic rings. The average molecular weight is 396 g/mol. The summed E-state index contributed by atoms with van der Waals surface area (Å²) in [5, 5.41) is 5.30. The fraction of sp³-hybridized carbons (Fsp3) is 0.111. The molecule has 0 saturated carbocycles. The molecule has 1 N–H and O–H groups in total. The van der Waals surface area contributed by atoms with Crippen LogP contribution in [0.3, 0.4) is 0 Å². The quantitative estimate of drug-likeness (QED) is 0.541. The van der Waals surface area contributed by atoms with Gasteiger partial charge in [0.05, 0.1) is 22.8 Å². The first-order chi connectivity index (χ1) is 12.0.